The molecule has 0 saturated carbocycles. The topological polar surface area (TPSA) is 32.3 Å². The third-order valence-corrected chi connectivity index (χ3v) is 8.00. The molecule has 0 saturated heterocycles. The molecule has 0 fully saturated rings. The van der Waals surface area contributed by atoms with E-state index in [9.17, 15) is 4.79 Å². The molecule has 180 valence electrons. The van der Waals surface area contributed by atoms with Crippen molar-refractivity contribution in [3.8, 4) is 0 Å². The van der Waals surface area contributed by atoms with Crippen LogP contribution in [0.1, 0.15) is 117 Å². The first-order valence-corrected chi connectivity index (χ1v) is 15.5. The van der Waals surface area contributed by atoms with Gasteiger partial charge in [0.05, 0.1) is 0 Å². The van der Waals surface area contributed by atoms with E-state index in [1.54, 1.807) is 0 Å². The van der Waals surface area contributed by atoms with Crippen molar-refractivity contribution in [3.05, 3.63) is 0 Å². The first kappa shape index (κ1) is 30.1. The summed E-state index contributed by atoms with van der Waals surface area (Å²) >= 11 is 0. The third kappa shape index (κ3) is 22.8. The molecule has 0 spiro atoms. The molecule has 30 heavy (non-hydrogen) atoms. The molecular weight excluding hydrogens is 408 g/mol. The average Bonchev–Trinajstić information content (AvgIpc) is 2.75. The summed E-state index contributed by atoms with van der Waals surface area (Å²) in [7, 11) is 3.95. The fourth-order valence-electron chi connectivity index (χ4n) is 3.56. The van der Waals surface area contributed by atoms with Crippen molar-refractivity contribution in [3.63, 3.8) is 0 Å². The van der Waals surface area contributed by atoms with E-state index in [0.29, 0.717) is 6.42 Å². The van der Waals surface area contributed by atoms with E-state index in [-0.39, 0.29) is 5.91 Å². The van der Waals surface area contributed by atoms with Crippen molar-refractivity contribution in [1.82, 2.24) is 10.2 Å². The molecular formula is C25H52N2OS2. The molecule has 0 aromatic carbocycles. The highest BCUT2D eigenvalue weighted by Crippen LogP contribution is 2.21. The predicted octanol–water partition coefficient (Wildman–Crippen LogP) is 7.70. The average molecular weight is 461 g/mol. The SMILES string of the molecule is CCCCCCCCCCCCCCNC(=O)CCN(CCC)CCSSCCC. The van der Waals surface area contributed by atoms with E-state index in [0.717, 1.165) is 44.8 Å². The van der Waals surface area contributed by atoms with Crippen LogP contribution in [0.3, 0.4) is 0 Å². The highest BCUT2D eigenvalue weighted by atomic mass is 33.1. The molecule has 0 rings (SSSR count). The molecule has 0 aliphatic heterocycles. The van der Waals surface area contributed by atoms with Crippen LogP contribution in [0.5, 0.6) is 0 Å². The minimum atomic E-state index is 0.229. The Labute approximate surface area is 197 Å². The Kier molecular flexibility index (Phi) is 25.5. The van der Waals surface area contributed by atoms with Crippen molar-refractivity contribution >= 4 is 27.5 Å². The van der Waals surface area contributed by atoms with Crippen LogP contribution in [-0.4, -0.2) is 48.5 Å². The Morgan fingerprint density at radius 1 is 0.633 bits per heavy atom. The molecule has 0 atom stereocenters. The number of unbranched alkanes of at least 4 members (excludes halogenated alkanes) is 11. The maximum atomic E-state index is 12.1. The molecule has 1 amide bonds. The van der Waals surface area contributed by atoms with Crippen LogP contribution in [0.2, 0.25) is 0 Å². The number of amides is 1. The zero-order chi connectivity index (χ0) is 22.1. The number of carbonyl (C=O) groups excluding carboxylic acids is 1. The van der Waals surface area contributed by atoms with Gasteiger partial charge in [0.15, 0.2) is 0 Å². The van der Waals surface area contributed by atoms with E-state index in [1.807, 2.05) is 21.6 Å². The molecule has 5 heteroatoms. The second-order valence-corrected chi connectivity index (χ2v) is 11.2. The normalized spacial score (nSPS) is 11.3. The van der Waals surface area contributed by atoms with E-state index >= 15 is 0 Å². The largest absolute Gasteiger partial charge is 0.356 e. The number of hydrogen-bond donors (Lipinski definition) is 1. The Morgan fingerprint density at radius 3 is 1.77 bits per heavy atom. The van der Waals surface area contributed by atoms with Crippen LogP contribution < -0.4 is 5.32 Å². The highest BCUT2D eigenvalue weighted by molar-refractivity contribution is 8.76. The summed E-state index contributed by atoms with van der Waals surface area (Å²) in [6.07, 6.45) is 19.4. The molecule has 0 bridgehead atoms. The lowest BCUT2D eigenvalue weighted by atomic mass is 10.1. The van der Waals surface area contributed by atoms with Crippen LogP contribution >= 0.6 is 21.6 Å². The highest BCUT2D eigenvalue weighted by Gasteiger charge is 2.07. The van der Waals surface area contributed by atoms with Gasteiger partial charge in [0, 0.05) is 37.6 Å². The van der Waals surface area contributed by atoms with Gasteiger partial charge in [-0.15, -0.1) is 0 Å². The van der Waals surface area contributed by atoms with E-state index in [2.05, 4.69) is 31.0 Å². The maximum Gasteiger partial charge on any atom is 0.221 e. The smallest absolute Gasteiger partial charge is 0.221 e. The Balaban J connectivity index is 3.47. The van der Waals surface area contributed by atoms with Gasteiger partial charge in [-0.2, -0.15) is 0 Å². The van der Waals surface area contributed by atoms with Crippen molar-refractivity contribution in [1.29, 1.82) is 0 Å². The second kappa shape index (κ2) is 25.4. The number of rotatable bonds is 24. The number of hydrogen-bond acceptors (Lipinski definition) is 4. The minimum Gasteiger partial charge on any atom is -0.356 e. The third-order valence-electron chi connectivity index (χ3n) is 5.41. The summed E-state index contributed by atoms with van der Waals surface area (Å²) in [5.74, 6) is 2.62. The lowest BCUT2D eigenvalue weighted by molar-refractivity contribution is -0.121. The van der Waals surface area contributed by atoms with Crippen LogP contribution in [0.4, 0.5) is 0 Å². The van der Waals surface area contributed by atoms with E-state index in [4.69, 9.17) is 0 Å². The maximum absolute atomic E-state index is 12.1. The standard InChI is InChI=1S/C25H52N2OS2/c1-4-7-8-9-10-11-12-13-14-15-16-17-19-26-25(28)18-21-27(20-5-2)22-24-30-29-23-6-3/h4-24H2,1-3H3,(H,26,28). The lowest BCUT2D eigenvalue weighted by Crippen LogP contribution is -2.33. The van der Waals surface area contributed by atoms with Crippen molar-refractivity contribution in [2.75, 3.05) is 37.7 Å². The molecule has 3 nitrogen and oxygen atoms in total. The van der Waals surface area contributed by atoms with E-state index < -0.39 is 0 Å². The number of carbonyl (C=O) groups is 1. The van der Waals surface area contributed by atoms with Gasteiger partial charge in [0.1, 0.15) is 0 Å². The van der Waals surface area contributed by atoms with Gasteiger partial charge >= 0.3 is 0 Å². The fraction of sp³-hybridized carbons (Fsp3) is 0.960. The Hall–Kier alpha value is 0.130. The van der Waals surface area contributed by atoms with Crippen LogP contribution in [0, 0.1) is 0 Å². The summed E-state index contributed by atoms with van der Waals surface area (Å²) in [5, 5.41) is 3.12. The molecule has 0 aromatic rings. The summed E-state index contributed by atoms with van der Waals surface area (Å²) in [4.78, 5) is 14.6. The molecule has 1 N–H and O–H groups in total. The van der Waals surface area contributed by atoms with Gasteiger partial charge in [-0.3, -0.25) is 4.79 Å². The first-order valence-electron chi connectivity index (χ1n) is 13.0. The quantitative estimate of drug-likeness (QED) is 0.118. The van der Waals surface area contributed by atoms with Crippen molar-refractivity contribution in [2.24, 2.45) is 0 Å². The summed E-state index contributed by atoms with van der Waals surface area (Å²) in [5.41, 5.74) is 0. The van der Waals surface area contributed by atoms with Crippen LogP contribution in [0.25, 0.3) is 0 Å². The van der Waals surface area contributed by atoms with Gasteiger partial charge in [0.2, 0.25) is 5.91 Å². The van der Waals surface area contributed by atoms with Gasteiger partial charge in [-0.1, -0.05) is 113 Å². The fourth-order valence-corrected chi connectivity index (χ4v) is 5.73. The Bertz CT molecular complexity index is 356. The summed E-state index contributed by atoms with van der Waals surface area (Å²) in [6.45, 7) is 10.7. The van der Waals surface area contributed by atoms with Gasteiger partial charge in [0.25, 0.3) is 0 Å². The molecule has 0 aliphatic rings. The zero-order valence-corrected chi connectivity index (χ0v) is 22.2. The van der Waals surface area contributed by atoms with Crippen LogP contribution in [0.15, 0.2) is 0 Å². The Morgan fingerprint density at radius 2 is 1.20 bits per heavy atom. The van der Waals surface area contributed by atoms with E-state index in [1.165, 1.54) is 82.8 Å². The van der Waals surface area contributed by atoms with Crippen molar-refractivity contribution in [2.45, 2.75) is 117 Å². The number of nitrogens with one attached hydrogen (secondary N) is 1. The zero-order valence-electron chi connectivity index (χ0n) is 20.5. The second-order valence-electron chi connectivity index (χ2n) is 8.47. The lowest BCUT2D eigenvalue weighted by Gasteiger charge is -2.21. The molecule has 0 radical (unpaired) electrons. The van der Waals surface area contributed by atoms with Gasteiger partial charge < -0.3 is 10.2 Å². The first-order chi connectivity index (χ1) is 14.7. The predicted molar refractivity (Wildman–Crippen MR) is 141 cm³/mol. The molecule has 0 heterocycles. The van der Waals surface area contributed by atoms with Gasteiger partial charge in [-0.05, 0) is 25.8 Å². The minimum absolute atomic E-state index is 0.229. The van der Waals surface area contributed by atoms with Crippen LogP contribution in [-0.2, 0) is 4.79 Å². The summed E-state index contributed by atoms with van der Waals surface area (Å²) in [6, 6.07) is 0. The molecule has 0 aliphatic carbocycles. The molecule has 0 unspecified atom stereocenters. The number of nitrogens with zero attached hydrogens (tertiary/aromatic N) is 1. The monoisotopic (exact) mass is 460 g/mol. The van der Waals surface area contributed by atoms with Gasteiger partial charge in [-0.25, -0.2) is 0 Å². The summed E-state index contributed by atoms with van der Waals surface area (Å²) < 4.78 is 0. The van der Waals surface area contributed by atoms with Crippen molar-refractivity contribution < 1.29 is 4.79 Å². The molecule has 0 aromatic heterocycles.